The number of aliphatic carboxylic acids is 1. The fourth-order valence-electron chi connectivity index (χ4n) is 2.25. The number of halogens is 1. The molecule has 0 amide bonds. The number of carboxylic acid groups (broad SMARTS) is 1. The molecule has 1 saturated heterocycles. The normalized spacial score (nSPS) is 24.8. The van der Waals surface area contributed by atoms with Gasteiger partial charge in [-0.25, -0.2) is 8.42 Å². The summed E-state index contributed by atoms with van der Waals surface area (Å²) in [4.78, 5) is 11.0. The highest BCUT2D eigenvalue weighted by Gasteiger charge is 2.42. The topological polar surface area (TPSA) is 92.5 Å². The summed E-state index contributed by atoms with van der Waals surface area (Å²) in [6.07, 6.45) is 1.25. The molecule has 2 heterocycles. The van der Waals surface area contributed by atoms with Crippen LogP contribution in [-0.4, -0.2) is 46.7 Å². The predicted octanol–water partition coefficient (Wildman–Crippen LogP) is 0.415. The number of rotatable bonds is 3. The summed E-state index contributed by atoms with van der Waals surface area (Å²) in [6.45, 7) is 1.85. The number of sulfonamides is 1. The molecule has 2 rings (SSSR count). The van der Waals surface area contributed by atoms with Crippen molar-refractivity contribution >= 4 is 27.6 Å². The Morgan fingerprint density at radius 1 is 1.53 bits per heavy atom. The molecule has 2 atom stereocenters. The minimum Gasteiger partial charge on any atom is -0.481 e. The largest absolute Gasteiger partial charge is 0.481 e. The van der Waals surface area contributed by atoms with E-state index in [1.807, 2.05) is 0 Å². The van der Waals surface area contributed by atoms with Crippen molar-refractivity contribution in [2.24, 2.45) is 18.9 Å². The molecule has 1 aromatic rings. The first-order chi connectivity index (χ1) is 8.75. The van der Waals surface area contributed by atoms with Crippen molar-refractivity contribution in [2.45, 2.75) is 11.9 Å². The number of aryl methyl sites for hydroxylation is 1. The molecule has 1 fully saturated rings. The van der Waals surface area contributed by atoms with E-state index in [0.717, 1.165) is 4.31 Å². The van der Waals surface area contributed by atoms with Crippen LogP contribution in [-0.2, 0) is 21.9 Å². The van der Waals surface area contributed by atoms with Gasteiger partial charge >= 0.3 is 5.97 Å². The summed E-state index contributed by atoms with van der Waals surface area (Å²) in [5.74, 6) is -1.91. The molecule has 7 nitrogen and oxygen atoms in total. The van der Waals surface area contributed by atoms with E-state index in [2.05, 4.69) is 5.10 Å². The highest BCUT2D eigenvalue weighted by molar-refractivity contribution is 7.89. The van der Waals surface area contributed by atoms with Crippen molar-refractivity contribution in [1.82, 2.24) is 14.1 Å². The van der Waals surface area contributed by atoms with Gasteiger partial charge in [-0.2, -0.15) is 9.40 Å². The second-order valence-electron chi connectivity index (χ2n) is 4.67. The molecule has 1 N–H and O–H groups in total. The third-order valence-electron chi connectivity index (χ3n) is 3.32. The van der Waals surface area contributed by atoms with E-state index in [-0.39, 0.29) is 29.1 Å². The van der Waals surface area contributed by atoms with Gasteiger partial charge in [-0.15, -0.1) is 0 Å². The first-order valence-electron chi connectivity index (χ1n) is 5.65. The number of aromatic nitrogens is 2. The van der Waals surface area contributed by atoms with Crippen LogP contribution in [0.1, 0.15) is 6.92 Å². The summed E-state index contributed by atoms with van der Waals surface area (Å²) in [5.41, 5.74) is 0. The van der Waals surface area contributed by atoms with Crippen LogP contribution in [0.3, 0.4) is 0 Å². The standard InChI is InChI=1S/C10H14ClN3O4S/c1-6-4-14(5-7(6)10(15)16)19(17,18)9-8(11)3-12-13(9)2/h3,6-7H,4-5H2,1-2H3,(H,15,16). The molecule has 1 aliphatic rings. The van der Waals surface area contributed by atoms with Crippen LogP contribution in [0, 0.1) is 11.8 Å². The number of carbonyl (C=O) groups is 1. The van der Waals surface area contributed by atoms with Gasteiger partial charge in [0.15, 0.2) is 5.03 Å². The van der Waals surface area contributed by atoms with Gasteiger partial charge < -0.3 is 5.11 Å². The molecule has 0 aliphatic carbocycles. The molecule has 1 aliphatic heterocycles. The van der Waals surface area contributed by atoms with E-state index in [4.69, 9.17) is 16.7 Å². The Labute approximate surface area is 115 Å². The Bertz CT molecular complexity index is 593. The highest BCUT2D eigenvalue weighted by Crippen LogP contribution is 2.31. The quantitative estimate of drug-likeness (QED) is 0.873. The summed E-state index contributed by atoms with van der Waals surface area (Å²) in [6, 6.07) is 0. The van der Waals surface area contributed by atoms with E-state index in [9.17, 15) is 13.2 Å². The van der Waals surface area contributed by atoms with E-state index in [1.165, 1.54) is 17.9 Å². The first-order valence-corrected chi connectivity index (χ1v) is 7.47. The van der Waals surface area contributed by atoms with Crippen LogP contribution in [0.25, 0.3) is 0 Å². The predicted molar refractivity (Wildman–Crippen MR) is 67.3 cm³/mol. The lowest BCUT2D eigenvalue weighted by atomic mass is 9.99. The zero-order valence-corrected chi connectivity index (χ0v) is 12.0. The zero-order chi connectivity index (χ0) is 14.4. The highest BCUT2D eigenvalue weighted by atomic mass is 35.5. The van der Waals surface area contributed by atoms with Crippen molar-refractivity contribution in [2.75, 3.05) is 13.1 Å². The van der Waals surface area contributed by atoms with Gasteiger partial charge in [0.2, 0.25) is 0 Å². The van der Waals surface area contributed by atoms with Gasteiger partial charge in [0.1, 0.15) is 0 Å². The maximum Gasteiger partial charge on any atom is 0.308 e. The van der Waals surface area contributed by atoms with Gasteiger partial charge in [-0.05, 0) is 5.92 Å². The van der Waals surface area contributed by atoms with E-state index in [0.29, 0.717) is 0 Å². The first kappa shape index (κ1) is 14.3. The average molecular weight is 308 g/mol. The summed E-state index contributed by atoms with van der Waals surface area (Å²) >= 11 is 5.84. The summed E-state index contributed by atoms with van der Waals surface area (Å²) < 4.78 is 27.2. The Kier molecular flexibility index (Phi) is 3.59. The summed E-state index contributed by atoms with van der Waals surface area (Å²) in [7, 11) is -2.34. The molecule has 9 heteroatoms. The second kappa shape index (κ2) is 4.77. The molecule has 106 valence electrons. The van der Waals surface area contributed by atoms with Crippen LogP contribution in [0.4, 0.5) is 0 Å². The molecular formula is C10H14ClN3O4S. The minimum atomic E-state index is -3.82. The molecule has 0 saturated carbocycles. The van der Waals surface area contributed by atoms with Crippen molar-refractivity contribution in [3.63, 3.8) is 0 Å². The SMILES string of the molecule is CC1CN(S(=O)(=O)c2c(Cl)cnn2C)CC1C(=O)O. The maximum absolute atomic E-state index is 12.4. The van der Waals surface area contributed by atoms with E-state index in [1.54, 1.807) is 6.92 Å². The molecule has 1 aromatic heterocycles. The Hall–Kier alpha value is -1.12. The second-order valence-corrected chi connectivity index (χ2v) is 6.93. The Morgan fingerprint density at radius 2 is 2.16 bits per heavy atom. The number of nitrogens with zero attached hydrogens (tertiary/aromatic N) is 3. The molecule has 0 spiro atoms. The van der Waals surface area contributed by atoms with Crippen LogP contribution in [0.2, 0.25) is 5.02 Å². The molecule has 0 bridgehead atoms. The van der Waals surface area contributed by atoms with Crippen LogP contribution >= 0.6 is 11.6 Å². The molecule has 0 aromatic carbocycles. The van der Waals surface area contributed by atoms with Crippen molar-refractivity contribution < 1.29 is 18.3 Å². The fourth-order valence-corrected chi connectivity index (χ4v) is 4.42. The minimum absolute atomic E-state index is 0.0360. The smallest absolute Gasteiger partial charge is 0.308 e. The van der Waals surface area contributed by atoms with E-state index >= 15 is 0 Å². The van der Waals surface area contributed by atoms with Crippen molar-refractivity contribution in [3.05, 3.63) is 11.2 Å². The lowest BCUT2D eigenvalue weighted by Crippen LogP contribution is -2.31. The average Bonchev–Trinajstić information content (AvgIpc) is 2.83. The fraction of sp³-hybridized carbons (Fsp3) is 0.600. The van der Waals surface area contributed by atoms with Crippen LogP contribution < -0.4 is 0 Å². The Balaban J connectivity index is 2.35. The molecular weight excluding hydrogens is 294 g/mol. The van der Waals surface area contributed by atoms with Gasteiger partial charge in [-0.3, -0.25) is 9.48 Å². The number of hydrogen-bond acceptors (Lipinski definition) is 4. The lowest BCUT2D eigenvalue weighted by molar-refractivity contribution is -0.142. The van der Waals surface area contributed by atoms with E-state index < -0.39 is 21.9 Å². The lowest BCUT2D eigenvalue weighted by Gasteiger charge is -2.16. The van der Waals surface area contributed by atoms with Crippen LogP contribution in [0.5, 0.6) is 0 Å². The summed E-state index contributed by atoms with van der Waals surface area (Å²) in [5, 5.41) is 12.8. The van der Waals surface area contributed by atoms with Crippen LogP contribution in [0.15, 0.2) is 11.2 Å². The van der Waals surface area contributed by atoms with Crippen molar-refractivity contribution in [3.8, 4) is 0 Å². The molecule has 2 unspecified atom stereocenters. The zero-order valence-electron chi connectivity index (χ0n) is 10.4. The monoisotopic (exact) mass is 307 g/mol. The van der Waals surface area contributed by atoms with Gasteiger partial charge in [0.25, 0.3) is 10.0 Å². The maximum atomic E-state index is 12.4. The third-order valence-corrected chi connectivity index (χ3v) is 5.66. The number of hydrogen-bond donors (Lipinski definition) is 1. The number of carboxylic acids is 1. The van der Waals surface area contributed by atoms with Gasteiger partial charge in [0, 0.05) is 20.1 Å². The van der Waals surface area contributed by atoms with Gasteiger partial charge in [0.05, 0.1) is 17.1 Å². The molecule has 19 heavy (non-hydrogen) atoms. The third kappa shape index (κ3) is 2.35. The van der Waals surface area contributed by atoms with Crippen molar-refractivity contribution in [1.29, 1.82) is 0 Å². The van der Waals surface area contributed by atoms with Gasteiger partial charge in [-0.1, -0.05) is 18.5 Å². The Morgan fingerprint density at radius 3 is 2.58 bits per heavy atom. The molecule has 0 radical (unpaired) electrons.